The zero-order valence-electron chi connectivity index (χ0n) is 17.5. The van der Waals surface area contributed by atoms with Gasteiger partial charge >= 0.3 is 5.91 Å². The Morgan fingerprint density at radius 2 is 1.62 bits per heavy atom. The molecule has 1 unspecified atom stereocenters. The van der Waals surface area contributed by atoms with Crippen molar-refractivity contribution in [3.63, 3.8) is 0 Å². The molecular weight excluding hydrogens is 388 g/mol. The van der Waals surface area contributed by atoms with Crippen molar-refractivity contribution in [1.29, 1.82) is 0 Å². The maximum Gasteiger partial charge on any atom is 0.309 e. The number of hydrogen-bond acceptors (Lipinski definition) is 5. The number of ketones is 1. The number of amidine groups is 1. The maximum absolute atomic E-state index is 13.0. The minimum absolute atomic E-state index is 0.0351. The van der Waals surface area contributed by atoms with Gasteiger partial charge in [0.05, 0.1) is 0 Å². The van der Waals surface area contributed by atoms with Gasteiger partial charge in [-0.3, -0.25) is 14.4 Å². The lowest BCUT2D eigenvalue weighted by molar-refractivity contribution is -0.141. The highest BCUT2D eigenvalue weighted by Crippen LogP contribution is 2.28. The zero-order chi connectivity index (χ0) is 20.6. The van der Waals surface area contributed by atoms with E-state index in [1.807, 2.05) is 11.9 Å². The van der Waals surface area contributed by atoms with Gasteiger partial charge < -0.3 is 10.2 Å². The predicted octanol–water partition coefficient (Wildman–Crippen LogP) is 2.66. The first kappa shape index (κ1) is 22.1. The van der Waals surface area contributed by atoms with E-state index in [2.05, 4.69) is 15.8 Å². The Hall–Kier alpha value is -1.57. The van der Waals surface area contributed by atoms with E-state index >= 15 is 0 Å². The molecule has 162 valence electrons. The molecule has 7 nitrogen and oxygen atoms in total. The number of carbonyl (C=O) groups excluding carboxylic acids is 3. The molecule has 0 radical (unpaired) electrons. The fraction of sp³-hybridized carbons (Fsp3) is 0.810. The molecule has 0 aromatic carbocycles. The largest absolute Gasteiger partial charge is 0.352 e. The van der Waals surface area contributed by atoms with Gasteiger partial charge in [-0.2, -0.15) is 0 Å². The van der Waals surface area contributed by atoms with Crippen LogP contribution in [0.2, 0.25) is 0 Å². The number of amides is 2. The molecule has 3 fully saturated rings. The molecule has 2 N–H and O–H groups in total. The Bertz CT molecular complexity index is 625. The van der Waals surface area contributed by atoms with E-state index in [1.165, 1.54) is 12.8 Å². The topological polar surface area (TPSA) is 90.9 Å². The van der Waals surface area contributed by atoms with Gasteiger partial charge in [-0.05, 0) is 31.6 Å². The van der Waals surface area contributed by atoms with Gasteiger partial charge in [-0.1, -0.05) is 56.7 Å². The van der Waals surface area contributed by atoms with Crippen LogP contribution in [0, 0.1) is 11.8 Å². The summed E-state index contributed by atoms with van der Waals surface area (Å²) >= 11 is 1.55. The molecule has 0 aromatic heterocycles. The summed E-state index contributed by atoms with van der Waals surface area (Å²) in [5, 5.41) is 7.81. The summed E-state index contributed by atoms with van der Waals surface area (Å²) in [5.74, 6) is -0.428. The monoisotopic (exact) mass is 422 g/mol. The van der Waals surface area contributed by atoms with Crippen LogP contribution in [0.25, 0.3) is 0 Å². The zero-order valence-corrected chi connectivity index (χ0v) is 18.3. The quantitative estimate of drug-likeness (QED) is 0.390. The summed E-state index contributed by atoms with van der Waals surface area (Å²) in [6, 6.07) is -0.736. The third-order valence-electron chi connectivity index (χ3n) is 6.39. The number of Topliss-reactive ketones (excluding diaryl/α,β-unsaturated/α-hetero) is 1. The van der Waals surface area contributed by atoms with Crippen LogP contribution < -0.4 is 10.7 Å². The van der Waals surface area contributed by atoms with Crippen molar-refractivity contribution in [1.82, 2.24) is 15.6 Å². The Morgan fingerprint density at radius 3 is 2.24 bits per heavy atom. The molecule has 0 aromatic rings. The van der Waals surface area contributed by atoms with Gasteiger partial charge in [-0.15, -0.1) is 5.10 Å². The fourth-order valence-electron chi connectivity index (χ4n) is 4.57. The van der Waals surface area contributed by atoms with Crippen molar-refractivity contribution in [3.05, 3.63) is 0 Å². The SMILES string of the molecule is CN1CCS/C1=N\NC(=O)C(=O)C(NC(=O)C1CCCCCC1)C1CCCCC1. The second-order valence-electron chi connectivity index (χ2n) is 8.54. The fourth-order valence-corrected chi connectivity index (χ4v) is 5.54. The van der Waals surface area contributed by atoms with E-state index in [4.69, 9.17) is 0 Å². The van der Waals surface area contributed by atoms with Crippen LogP contribution in [0.1, 0.15) is 70.6 Å². The molecule has 1 heterocycles. The summed E-state index contributed by atoms with van der Waals surface area (Å²) < 4.78 is 0. The van der Waals surface area contributed by atoms with Crippen LogP contribution in [0.5, 0.6) is 0 Å². The van der Waals surface area contributed by atoms with Crippen molar-refractivity contribution < 1.29 is 14.4 Å². The Labute approximate surface area is 177 Å². The summed E-state index contributed by atoms with van der Waals surface area (Å²) in [6.07, 6.45) is 11.2. The van der Waals surface area contributed by atoms with E-state index < -0.39 is 17.7 Å². The molecule has 0 spiro atoms. The average Bonchev–Trinajstić information content (AvgIpc) is 2.97. The second-order valence-corrected chi connectivity index (χ2v) is 9.60. The standard InChI is InChI=1S/C21H34N4O3S/c1-25-13-14-29-21(25)24-23-20(28)18(26)17(15-9-7-4-8-10-15)22-19(27)16-11-5-2-3-6-12-16/h15-17H,2-14H2,1H3,(H,22,27)(H,23,28)/b24-21-. The number of rotatable bonds is 6. The first-order valence-electron chi connectivity index (χ1n) is 11.1. The van der Waals surface area contributed by atoms with E-state index in [0.717, 1.165) is 70.1 Å². The second kappa shape index (κ2) is 11.0. The summed E-state index contributed by atoms with van der Waals surface area (Å²) in [5.41, 5.74) is 2.42. The van der Waals surface area contributed by atoms with Crippen molar-refractivity contribution in [3.8, 4) is 0 Å². The predicted molar refractivity (Wildman–Crippen MR) is 115 cm³/mol. The summed E-state index contributed by atoms with van der Waals surface area (Å²) in [6.45, 7) is 0.870. The molecule has 1 atom stereocenters. The molecule has 3 rings (SSSR count). The minimum Gasteiger partial charge on any atom is -0.352 e. The molecule has 0 bridgehead atoms. The van der Waals surface area contributed by atoms with Crippen LogP contribution in [0.4, 0.5) is 0 Å². The Balaban J connectivity index is 1.65. The van der Waals surface area contributed by atoms with Crippen LogP contribution in [0.3, 0.4) is 0 Å². The summed E-state index contributed by atoms with van der Waals surface area (Å²) in [4.78, 5) is 40.4. The van der Waals surface area contributed by atoms with Gasteiger partial charge in [0.2, 0.25) is 11.7 Å². The molecule has 2 saturated carbocycles. The number of nitrogens with one attached hydrogen (secondary N) is 2. The highest BCUT2D eigenvalue weighted by molar-refractivity contribution is 8.14. The van der Waals surface area contributed by atoms with Crippen molar-refractivity contribution in [2.45, 2.75) is 76.7 Å². The minimum atomic E-state index is -0.736. The van der Waals surface area contributed by atoms with Gasteiger partial charge in [0.15, 0.2) is 5.17 Å². The summed E-state index contributed by atoms with van der Waals surface area (Å²) in [7, 11) is 1.91. The Kier molecular flexibility index (Phi) is 8.39. The third-order valence-corrected chi connectivity index (χ3v) is 7.44. The number of hydrazone groups is 1. The van der Waals surface area contributed by atoms with Crippen LogP contribution >= 0.6 is 11.8 Å². The molecule has 3 aliphatic rings. The maximum atomic E-state index is 13.0. The molecule has 29 heavy (non-hydrogen) atoms. The van der Waals surface area contributed by atoms with E-state index in [0.29, 0.717) is 5.17 Å². The Morgan fingerprint density at radius 1 is 1.00 bits per heavy atom. The molecule has 1 saturated heterocycles. The third kappa shape index (κ3) is 6.20. The lowest BCUT2D eigenvalue weighted by Gasteiger charge is -2.30. The van der Waals surface area contributed by atoms with E-state index in [-0.39, 0.29) is 17.7 Å². The molecular formula is C21H34N4O3S. The lowest BCUT2D eigenvalue weighted by atomic mass is 9.81. The molecule has 2 amide bonds. The van der Waals surface area contributed by atoms with E-state index in [1.54, 1.807) is 11.8 Å². The smallest absolute Gasteiger partial charge is 0.309 e. The van der Waals surface area contributed by atoms with Crippen molar-refractivity contribution >= 4 is 34.5 Å². The number of hydrogen-bond donors (Lipinski definition) is 2. The normalized spacial score (nSPS) is 24.2. The van der Waals surface area contributed by atoms with Crippen LogP contribution in [-0.4, -0.2) is 53.1 Å². The van der Waals surface area contributed by atoms with E-state index in [9.17, 15) is 14.4 Å². The molecule has 2 aliphatic carbocycles. The van der Waals surface area contributed by atoms with Gasteiger partial charge in [0.25, 0.3) is 0 Å². The first-order valence-corrected chi connectivity index (χ1v) is 12.1. The molecule has 1 aliphatic heterocycles. The first-order chi connectivity index (χ1) is 14.1. The average molecular weight is 423 g/mol. The highest BCUT2D eigenvalue weighted by atomic mass is 32.2. The van der Waals surface area contributed by atoms with Gasteiger partial charge in [-0.25, -0.2) is 5.43 Å². The highest BCUT2D eigenvalue weighted by Gasteiger charge is 2.36. The number of thioether (sulfide) groups is 1. The van der Waals surface area contributed by atoms with Crippen molar-refractivity contribution in [2.24, 2.45) is 16.9 Å². The number of carbonyl (C=O) groups is 3. The molecule has 8 heteroatoms. The van der Waals surface area contributed by atoms with Gasteiger partial charge in [0.1, 0.15) is 6.04 Å². The number of nitrogens with zero attached hydrogens (tertiary/aromatic N) is 2. The van der Waals surface area contributed by atoms with Gasteiger partial charge in [0, 0.05) is 25.3 Å². The van der Waals surface area contributed by atoms with Crippen molar-refractivity contribution in [2.75, 3.05) is 19.3 Å². The van der Waals surface area contributed by atoms with Crippen LogP contribution in [0.15, 0.2) is 5.10 Å². The lowest BCUT2D eigenvalue weighted by Crippen LogP contribution is -2.52. The van der Waals surface area contributed by atoms with Crippen LogP contribution in [-0.2, 0) is 14.4 Å².